The summed E-state index contributed by atoms with van der Waals surface area (Å²) in [4.78, 5) is 24.9. The van der Waals surface area contributed by atoms with Crippen LogP contribution in [0, 0.1) is 0 Å². The number of carbonyl (C=O) groups is 2. The molecule has 2 amide bonds. The smallest absolute Gasteiger partial charge is 0.243 e. The highest BCUT2D eigenvalue weighted by atomic mass is 32.2. The Hall–Kier alpha value is -2.47. The van der Waals surface area contributed by atoms with Crippen molar-refractivity contribution in [2.45, 2.75) is 25.2 Å². The van der Waals surface area contributed by atoms with E-state index in [0.717, 1.165) is 28.3 Å². The maximum absolute atomic E-state index is 12.0. The van der Waals surface area contributed by atoms with Crippen LogP contribution in [0.25, 0.3) is 0 Å². The quantitative estimate of drug-likeness (QED) is 0.661. The van der Waals surface area contributed by atoms with Crippen LogP contribution in [-0.4, -0.2) is 30.7 Å². The van der Waals surface area contributed by atoms with Crippen molar-refractivity contribution in [2.75, 3.05) is 24.2 Å². The van der Waals surface area contributed by atoms with Crippen LogP contribution in [-0.2, 0) is 16.0 Å². The molecule has 6 heteroatoms. The zero-order valence-corrected chi connectivity index (χ0v) is 15.9. The normalized spacial score (nSPS) is 10.2. The van der Waals surface area contributed by atoms with Crippen LogP contribution in [0.4, 0.5) is 5.69 Å². The highest BCUT2D eigenvalue weighted by molar-refractivity contribution is 8.00. The molecule has 0 saturated carbocycles. The van der Waals surface area contributed by atoms with E-state index in [-0.39, 0.29) is 24.1 Å². The van der Waals surface area contributed by atoms with E-state index in [0.29, 0.717) is 6.61 Å². The molecule has 2 N–H and O–H groups in total. The standard InChI is InChI=1S/C20H24N2O3S/c1-3-15-7-5-6-8-18(15)22-19(23)13-21-20(24)14-26-17-11-9-16(10-12-17)25-4-2/h5-12H,3-4,13-14H2,1-2H3,(H,21,24)(H,22,23). The van der Waals surface area contributed by atoms with Gasteiger partial charge in [-0.05, 0) is 49.2 Å². The molecule has 0 heterocycles. The number of rotatable bonds is 9. The molecule has 0 radical (unpaired) electrons. The molecule has 0 aliphatic carbocycles. The van der Waals surface area contributed by atoms with Gasteiger partial charge >= 0.3 is 0 Å². The van der Waals surface area contributed by atoms with E-state index >= 15 is 0 Å². The molecule has 0 atom stereocenters. The molecule has 5 nitrogen and oxygen atoms in total. The van der Waals surface area contributed by atoms with Crippen molar-refractivity contribution >= 4 is 29.3 Å². The van der Waals surface area contributed by atoms with Gasteiger partial charge in [0.05, 0.1) is 18.9 Å². The molecule has 138 valence electrons. The van der Waals surface area contributed by atoms with Gasteiger partial charge in [0.15, 0.2) is 0 Å². The summed E-state index contributed by atoms with van der Waals surface area (Å²) in [5, 5.41) is 5.48. The Kier molecular flexibility index (Phi) is 8.02. The Bertz CT molecular complexity index is 732. The van der Waals surface area contributed by atoms with E-state index in [2.05, 4.69) is 10.6 Å². The lowest BCUT2D eigenvalue weighted by molar-refractivity contribution is -0.122. The van der Waals surface area contributed by atoms with E-state index in [1.165, 1.54) is 11.8 Å². The second kappa shape index (κ2) is 10.5. The molecule has 2 aromatic carbocycles. The summed E-state index contributed by atoms with van der Waals surface area (Å²) >= 11 is 1.42. The predicted octanol–water partition coefficient (Wildman–Crippen LogP) is 3.49. The number of thioether (sulfide) groups is 1. The Morgan fingerprint density at radius 2 is 1.73 bits per heavy atom. The molecule has 2 aromatic rings. The van der Waals surface area contributed by atoms with E-state index in [9.17, 15) is 9.59 Å². The average Bonchev–Trinajstić information content (AvgIpc) is 2.66. The molecule has 0 bridgehead atoms. The van der Waals surface area contributed by atoms with Crippen LogP contribution < -0.4 is 15.4 Å². The third-order valence-electron chi connectivity index (χ3n) is 3.62. The van der Waals surface area contributed by atoms with Gasteiger partial charge in [0.2, 0.25) is 11.8 Å². The van der Waals surface area contributed by atoms with Gasteiger partial charge in [0.1, 0.15) is 5.75 Å². The summed E-state index contributed by atoms with van der Waals surface area (Å²) in [6.45, 7) is 4.55. The number of anilines is 1. The van der Waals surface area contributed by atoms with Gasteiger partial charge in [-0.3, -0.25) is 9.59 Å². The molecule has 0 aliphatic heterocycles. The number of nitrogens with one attached hydrogen (secondary N) is 2. The molecule has 0 unspecified atom stereocenters. The van der Waals surface area contributed by atoms with Gasteiger partial charge < -0.3 is 15.4 Å². The zero-order valence-electron chi connectivity index (χ0n) is 15.1. The molecule has 0 fully saturated rings. The number of carbonyl (C=O) groups excluding carboxylic acids is 2. The van der Waals surface area contributed by atoms with Gasteiger partial charge in [-0.25, -0.2) is 0 Å². The van der Waals surface area contributed by atoms with Gasteiger partial charge in [-0.15, -0.1) is 11.8 Å². The number of ether oxygens (including phenoxy) is 1. The Labute approximate surface area is 158 Å². The number of hydrogen-bond donors (Lipinski definition) is 2. The van der Waals surface area contributed by atoms with Crippen LogP contribution >= 0.6 is 11.8 Å². The third-order valence-corrected chi connectivity index (χ3v) is 4.64. The van der Waals surface area contributed by atoms with Crippen molar-refractivity contribution in [3.8, 4) is 5.75 Å². The molecule has 0 aromatic heterocycles. The maximum Gasteiger partial charge on any atom is 0.243 e. The van der Waals surface area contributed by atoms with E-state index < -0.39 is 0 Å². The van der Waals surface area contributed by atoms with E-state index in [4.69, 9.17) is 4.74 Å². The fourth-order valence-electron chi connectivity index (χ4n) is 2.32. The Morgan fingerprint density at radius 1 is 1.00 bits per heavy atom. The number of aryl methyl sites for hydroxylation is 1. The van der Waals surface area contributed by atoms with Crippen LogP contribution in [0.1, 0.15) is 19.4 Å². The van der Waals surface area contributed by atoms with Crippen molar-refractivity contribution in [2.24, 2.45) is 0 Å². The lowest BCUT2D eigenvalue weighted by Crippen LogP contribution is -2.34. The van der Waals surface area contributed by atoms with Crippen molar-refractivity contribution in [1.29, 1.82) is 0 Å². The molecule has 2 rings (SSSR count). The van der Waals surface area contributed by atoms with Gasteiger partial charge in [0, 0.05) is 10.6 Å². The minimum Gasteiger partial charge on any atom is -0.494 e. The number of para-hydroxylation sites is 1. The monoisotopic (exact) mass is 372 g/mol. The first-order valence-corrected chi connectivity index (χ1v) is 9.61. The first-order chi connectivity index (χ1) is 12.6. The van der Waals surface area contributed by atoms with Gasteiger partial charge in [0.25, 0.3) is 0 Å². The largest absolute Gasteiger partial charge is 0.494 e. The maximum atomic E-state index is 12.0. The van der Waals surface area contributed by atoms with Crippen LogP contribution in [0.3, 0.4) is 0 Å². The summed E-state index contributed by atoms with van der Waals surface area (Å²) in [6, 6.07) is 15.2. The first kappa shape index (κ1) is 19.8. The van der Waals surface area contributed by atoms with Gasteiger partial charge in [-0.1, -0.05) is 25.1 Å². The van der Waals surface area contributed by atoms with E-state index in [1.54, 1.807) is 0 Å². The van der Waals surface area contributed by atoms with Crippen LogP contribution in [0.2, 0.25) is 0 Å². The SMILES string of the molecule is CCOc1ccc(SCC(=O)NCC(=O)Nc2ccccc2CC)cc1. The lowest BCUT2D eigenvalue weighted by Gasteiger charge is -2.10. The molecule has 0 saturated heterocycles. The molecule has 0 aliphatic rings. The van der Waals surface area contributed by atoms with Crippen molar-refractivity contribution in [3.05, 3.63) is 54.1 Å². The highest BCUT2D eigenvalue weighted by Gasteiger charge is 2.08. The summed E-state index contributed by atoms with van der Waals surface area (Å²) in [6.07, 6.45) is 0.835. The van der Waals surface area contributed by atoms with Crippen LogP contribution in [0.15, 0.2) is 53.4 Å². The topological polar surface area (TPSA) is 67.4 Å². The number of benzene rings is 2. The Morgan fingerprint density at radius 3 is 2.42 bits per heavy atom. The minimum absolute atomic E-state index is 0.0410. The fourth-order valence-corrected chi connectivity index (χ4v) is 3.05. The van der Waals surface area contributed by atoms with E-state index in [1.807, 2.05) is 62.4 Å². The molecular weight excluding hydrogens is 348 g/mol. The second-order valence-corrected chi connectivity index (χ2v) is 6.58. The summed E-state index contributed by atoms with van der Waals surface area (Å²) in [5.41, 5.74) is 1.86. The fraction of sp³-hybridized carbons (Fsp3) is 0.300. The van der Waals surface area contributed by atoms with Crippen LogP contribution in [0.5, 0.6) is 5.75 Å². The summed E-state index contributed by atoms with van der Waals surface area (Å²) in [5.74, 6) is 0.658. The lowest BCUT2D eigenvalue weighted by atomic mass is 10.1. The molecular formula is C20H24N2O3S. The Balaban J connectivity index is 1.73. The number of amides is 2. The third kappa shape index (κ3) is 6.44. The molecule has 26 heavy (non-hydrogen) atoms. The van der Waals surface area contributed by atoms with Gasteiger partial charge in [-0.2, -0.15) is 0 Å². The van der Waals surface area contributed by atoms with Crippen molar-refractivity contribution in [1.82, 2.24) is 5.32 Å². The highest BCUT2D eigenvalue weighted by Crippen LogP contribution is 2.21. The van der Waals surface area contributed by atoms with Crippen molar-refractivity contribution < 1.29 is 14.3 Å². The zero-order chi connectivity index (χ0) is 18.8. The summed E-state index contributed by atoms with van der Waals surface area (Å²) in [7, 11) is 0. The first-order valence-electron chi connectivity index (χ1n) is 8.62. The summed E-state index contributed by atoms with van der Waals surface area (Å²) < 4.78 is 5.38. The second-order valence-electron chi connectivity index (χ2n) is 5.53. The predicted molar refractivity (Wildman–Crippen MR) is 106 cm³/mol. The van der Waals surface area contributed by atoms with Crippen molar-refractivity contribution in [3.63, 3.8) is 0 Å². The number of hydrogen-bond acceptors (Lipinski definition) is 4. The molecule has 0 spiro atoms. The minimum atomic E-state index is -0.231. The average molecular weight is 372 g/mol.